The molecule has 0 saturated heterocycles. The topological polar surface area (TPSA) is 43.7 Å². The summed E-state index contributed by atoms with van der Waals surface area (Å²) in [5.74, 6) is 1.92. The maximum Gasteiger partial charge on any atom is 0.0749 e. The zero-order valence-electron chi connectivity index (χ0n) is 16.1. The molecule has 3 nitrogen and oxygen atoms in total. The summed E-state index contributed by atoms with van der Waals surface area (Å²) >= 11 is 0. The second-order valence-electron chi connectivity index (χ2n) is 8.94. The van der Waals surface area contributed by atoms with Gasteiger partial charge in [-0.25, -0.2) is 0 Å². The quantitative estimate of drug-likeness (QED) is 0.544. The monoisotopic (exact) mass is 347 g/mol. The van der Waals surface area contributed by atoms with Crippen LogP contribution in [0.3, 0.4) is 0 Å². The zero-order valence-corrected chi connectivity index (χ0v) is 16.1. The summed E-state index contributed by atoms with van der Waals surface area (Å²) in [5, 5.41) is 20.9. The molecule has 0 spiro atoms. The van der Waals surface area contributed by atoms with E-state index in [1.807, 2.05) is 6.08 Å². The average Bonchev–Trinajstić information content (AvgIpc) is 3.26. The molecular weight excluding hydrogens is 310 g/mol. The van der Waals surface area contributed by atoms with E-state index in [0.29, 0.717) is 17.8 Å². The van der Waals surface area contributed by atoms with Crippen molar-refractivity contribution in [2.75, 3.05) is 20.6 Å². The lowest BCUT2D eigenvalue weighted by Crippen LogP contribution is -2.19. The molecule has 2 N–H and O–H groups in total. The van der Waals surface area contributed by atoms with Crippen molar-refractivity contribution in [2.45, 2.75) is 70.0 Å². The van der Waals surface area contributed by atoms with Crippen molar-refractivity contribution in [3.63, 3.8) is 0 Å². The highest BCUT2D eigenvalue weighted by Crippen LogP contribution is 2.50. The second kappa shape index (κ2) is 8.83. The van der Waals surface area contributed by atoms with E-state index in [4.69, 9.17) is 0 Å². The minimum Gasteiger partial charge on any atom is -0.392 e. The SMILES string of the molecule is CN(C)CCCC=C1C[C@H]2C[C@@H](O)[C@H](C=C[C@@H](O)C3CCCC3)[C@H]2C1. The number of unbranched alkanes of at least 4 members (excludes halogenated alkanes) is 1. The second-order valence-corrected chi connectivity index (χ2v) is 8.94. The first-order chi connectivity index (χ1) is 12.0. The molecule has 0 aliphatic heterocycles. The normalized spacial score (nSPS) is 36.1. The molecule has 3 saturated carbocycles. The van der Waals surface area contributed by atoms with Crippen LogP contribution in [-0.4, -0.2) is 48.0 Å². The molecule has 0 radical (unpaired) electrons. The van der Waals surface area contributed by atoms with E-state index in [1.165, 1.54) is 32.1 Å². The Hall–Kier alpha value is -0.640. The number of aliphatic hydroxyl groups is 2. The Kier molecular flexibility index (Phi) is 6.76. The molecule has 0 heterocycles. The summed E-state index contributed by atoms with van der Waals surface area (Å²) in [5.41, 5.74) is 1.61. The van der Waals surface area contributed by atoms with E-state index >= 15 is 0 Å². The van der Waals surface area contributed by atoms with Crippen LogP contribution in [0.4, 0.5) is 0 Å². The van der Waals surface area contributed by atoms with E-state index in [1.54, 1.807) is 5.57 Å². The Morgan fingerprint density at radius 3 is 2.68 bits per heavy atom. The van der Waals surface area contributed by atoms with Gasteiger partial charge in [0.25, 0.3) is 0 Å². The molecule has 25 heavy (non-hydrogen) atoms. The Morgan fingerprint density at radius 1 is 1.20 bits per heavy atom. The number of allylic oxidation sites excluding steroid dienone is 2. The maximum absolute atomic E-state index is 10.5. The lowest BCUT2D eigenvalue weighted by molar-refractivity contribution is 0.135. The number of aliphatic hydroxyl groups excluding tert-OH is 2. The summed E-state index contributed by atoms with van der Waals surface area (Å²) in [4.78, 5) is 2.24. The highest BCUT2D eigenvalue weighted by atomic mass is 16.3. The van der Waals surface area contributed by atoms with Gasteiger partial charge in [0.2, 0.25) is 0 Å². The predicted molar refractivity (Wildman–Crippen MR) is 103 cm³/mol. The molecule has 0 aromatic rings. The molecule has 3 rings (SSSR count). The predicted octanol–water partition coefficient (Wildman–Crippen LogP) is 3.77. The van der Waals surface area contributed by atoms with Gasteiger partial charge in [-0.1, -0.05) is 36.6 Å². The molecular formula is C22H37NO2. The van der Waals surface area contributed by atoms with E-state index in [9.17, 15) is 10.2 Å². The highest BCUT2D eigenvalue weighted by Gasteiger charge is 2.45. The molecule has 0 aromatic heterocycles. The lowest BCUT2D eigenvalue weighted by atomic mass is 9.89. The van der Waals surface area contributed by atoms with Crippen LogP contribution in [-0.2, 0) is 0 Å². The smallest absolute Gasteiger partial charge is 0.0749 e. The van der Waals surface area contributed by atoms with Crippen LogP contribution in [0.25, 0.3) is 0 Å². The van der Waals surface area contributed by atoms with Crippen molar-refractivity contribution in [3.8, 4) is 0 Å². The first kappa shape index (κ1) is 19.1. The van der Waals surface area contributed by atoms with Crippen molar-refractivity contribution < 1.29 is 10.2 Å². The van der Waals surface area contributed by atoms with Gasteiger partial charge in [0.1, 0.15) is 0 Å². The van der Waals surface area contributed by atoms with Crippen molar-refractivity contribution in [3.05, 3.63) is 23.8 Å². The Labute approximate surface area is 153 Å². The Balaban J connectivity index is 1.52. The molecule has 0 bridgehead atoms. The summed E-state index contributed by atoms with van der Waals surface area (Å²) in [7, 11) is 4.26. The first-order valence-electron chi connectivity index (χ1n) is 10.4. The van der Waals surface area contributed by atoms with Gasteiger partial charge in [-0.05, 0) is 83.3 Å². The van der Waals surface area contributed by atoms with Crippen LogP contribution in [0.15, 0.2) is 23.8 Å². The van der Waals surface area contributed by atoms with E-state index < -0.39 is 0 Å². The standard InChI is InChI=1S/C22H37NO2/c1-23(2)12-6-5-7-16-13-18-15-22(25)19(20(18)14-16)10-11-21(24)17-8-3-4-9-17/h7,10-11,17-22,24-25H,3-6,8-9,12-15H2,1-2H3/t18-,19+,20-,21+,22+/m0/s1. The zero-order chi connectivity index (χ0) is 17.8. The molecule has 0 amide bonds. The first-order valence-corrected chi connectivity index (χ1v) is 10.4. The number of hydrogen-bond acceptors (Lipinski definition) is 3. The van der Waals surface area contributed by atoms with Gasteiger partial charge in [0, 0.05) is 5.92 Å². The largest absolute Gasteiger partial charge is 0.392 e. The minimum absolute atomic E-state index is 0.211. The van der Waals surface area contributed by atoms with Crippen LogP contribution >= 0.6 is 0 Å². The summed E-state index contributed by atoms with van der Waals surface area (Å²) in [6, 6.07) is 0. The third-order valence-corrected chi connectivity index (χ3v) is 6.77. The van der Waals surface area contributed by atoms with Gasteiger partial charge >= 0.3 is 0 Å². The van der Waals surface area contributed by atoms with E-state index in [-0.39, 0.29) is 18.1 Å². The van der Waals surface area contributed by atoms with Gasteiger partial charge in [0.05, 0.1) is 12.2 Å². The molecule has 3 aliphatic rings. The Bertz CT molecular complexity index is 478. The fraction of sp³-hybridized carbons (Fsp3) is 0.818. The van der Waals surface area contributed by atoms with Crippen LogP contribution in [0, 0.1) is 23.7 Å². The van der Waals surface area contributed by atoms with Gasteiger partial charge in [-0.2, -0.15) is 0 Å². The fourth-order valence-electron chi connectivity index (χ4n) is 5.35. The fourth-order valence-corrected chi connectivity index (χ4v) is 5.35. The summed E-state index contributed by atoms with van der Waals surface area (Å²) < 4.78 is 0. The van der Waals surface area contributed by atoms with Crippen LogP contribution < -0.4 is 0 Å². The van der Waals surface area contributed by atoms with Crippen molar-refractivity contribution >= 4 is 0 Å². The highest BCUT2D eigenvalue weighted by molar-refractivity contribution is 5.18. The van der Waals surface area contributed by atoms with Crippen LogP contribution in [0.5, 0.6) is 0 Å². The molecule has 0 unspecified atom stereocenters. The lowest BCUT2D eigenvalue weighted by Gasteiger charge is -2.19. The molecule has 3 aliphatic carbocycles. The van der Waals surface area contributed by atoms with Gasteiger partial charge in [0.15, 0.2) is 0 Å². The Morgan fingerprint density at radius 2 is 1.96 bits per heavy atom. The average molecular weight is 348 g/mol. The van der Waals surface area contributed by atoms with Gasteiger partial charge < -0.3 is 15.1 Å². The third kappa shape index (κ3) is 4.96. The third-order valence-electron chi connectivity index (χ3n) is 6.77. The summed E-state index contributed by atoms with van der Waals surface area (Å²) in [6.07, 6.45) is 16.6. The van der Waals surface area contributed by atoms with Crippen LogP contribution in [0.2, 0.25) is 0 Å². The molecule has 3 heteroatoms. The van der Waals surface area contributed by atoms with E-state index in [2.05, 4.69) is 31.1 Å². The summed E-state index contributed by atoms with van der Waals surface area (Å²) in [6.45, 7) is 1.15. The molecule has 0 aromatic carbocycles. The number of fused-ring (bicyclic) bond motifs is 1. The number of hydrogen-bond donors (Lipinski definition) is 2. The number of nitrogens with zero attached hydrogens (tertiary/aromatic N) is 1. The van der Waals surface area contributed by atoms with E-state index in [0.717, 1.165) is 32.2 Å². The maximum atomic E-state index is 10.5. The van der Waals surface area contributed by atoms with Gasteiger partial charge in [-0.3, -0.25) is 0 Å². The molecule has 3 fully saturated rings. The minimum atomic E-state index is -0.309. The van der Waals surface area contributed by atoms with Crippen molar-refractivity contribution in [2.24, 2.45) is 23.7 Å². The van der Waals surface area contributed by atoms with Crippen molar-refractivity contribution in [1.29, 1.82) is 0 Å². The molecule has 142 valence electrons. The number of rotatable bonds is 7. The van der Waals surface area contributed by atoms with Crippen LogP contribution in [0.1, 0.15) is 57.8 Å². The van der Waals surface area contributed by atoms with Crippen molar-refractivity contribution in [1.82, 2.24) is 4.90 Å². The van der Waals surface area contributed by atoms with Gasteiger partial charge in [-0.15, -0.1) is 0 Å². The molecule has 5 atom stereocenters.